The van der Waals surface area contributed by atoms with E-state index in [9.17, 15) is 9.59 Å². The first-order valence-electron chi connectivity index (χ1n) is 8.96. The van der Waals surface area contributed by atoms with Crippen LogP contribution in [0.4, 0.5) is 5.69 Å². The SMILES string of the molecule is CC[C@@H](Oc1cc2c(cc1Cl)N(CCC(=O)O)C(=O)CO2)c1ccc(C)cn1. The highest BCUT2D eigenvalue weighted by Gasteiger charge is 2.28. The number of rotatable bonds is 7. The molecule has 2 heterocycles. The van der Waals surface area contributed by atoms with E-state index in [4.69, 9.17) is 26.2 Å². The van der Waals surface area contributed by atoms with Crippen LogP contribution in [0.3, 0.4) is 0 Å². The van der Waals surface area contributed by atoms with Crippen LogP contribution in [0.5, 0.6) is 11.5 Å². The van der Waals surface area contributed by atoms with E-state index >= 15 is 0 Å². The van der Waals surface area contributed by atoms with Crippen LogP contribution in [-0.4, -0.2) is 35.1 Å². The third-order valence-corrected chi connectivity index (χ3v) is 4.71. The van der Waals surface area contributed by atoms with Crippen LogP contribution in [0, 0.1) is 6.92 Å². The van der Waals surface area contributed by atoms with Gasteiger partial charge in [0.1, 0.15) is 17.6 Å². The Labute approximate surface area is 167 Å². The highest BCUT2D eigenvalue weighted by molar-refractivity contribution is 6.32. The molecule has 3 rings (SSSR count). The van der Waals surface area contributed by atoms with Gasteiger partial charge in [0.2, 0.25) is 0 Å². The van der Waals surface area contributed by atoms with Crippen molar-refractivity contribution in [3.05, 3.63) is 46.7 Å². The summed E-state index contributed by atoms with van der Waals surface area (Å²) in [5, 5.41) is 9.22. The molecule has 28 heavy (non-hydrogen) atoms. The number of aliphatic carboxylic acids is 1. The van der Waals surface area contributed by atoms with Crippen molar-refractivity contribution in [2.75, 3.05) is 18.1 Å². The van der Waals surface area contributed by atoms with Crippen LogP contribution >= 0.6 is 11.6 Å². The summed E-state index contributed by atoms with van der Waals surface area (Å²) in [7, 11) is 0. The molecule has 2 aromatic rings. The number of nitrogens with zero attached hydrogens (tertiary/aromatic N) is 2. The van der Waals surface area contributed by atoms with E-state index < -0.39 is 5.97 Å². The minimum Gasteiger partial charge on any atom is -0.482 e. The first kappa shape index (κ1) is 19.9. The minimum atomic E-state index is -0.983. The second-order valence-electron chi connectivity index (χ2n) is 6.50. The molecule has 8 heteroatoms. The van der Waals surface area contributed by atoms with Crippen molar-refractivity contribution in [2.45, 2.75) is 32.8 Å². The summed E-state index contributed by atoms with van der Waals surface area (Å²) in [4.78, 5) is 28.8. The Morgan fingerprint density at radius 2 is 2.21 bits per heavy atom. The Morgan fingerprint density at radius 1 is 1.43 bits per heavy atom. The number of benzene rings is 1. The fraction of sp³-hybridized carbons (Fsp3) is 0.350. The van der Waals surface area contributed by atoms with Gasteiger partial charge in [0, 0.05) is 18.8 Å². The summed E-state index contributed by atoms with van der Waals surface area (Å²) in [5.41, 5.74) is 2.29. The van der Waals surface area contributed by atoms with Gasteiger partial charge in [-0.05, 0) is 31.0 Å². The van der Waals surface area contributed by atoms with E-state index in [1.54, 1.807) is 18.3 Å². The van der Waals surface area contributed by atoms with Crippen molar-refractivity contribution in [3.8, 4) is 11.5 Å². The number of carboxylic acids is 1. The molecule has 0 unspecified atom stereocenters. The van der Waals surface area contributed by atoms with Crippen molar-refractivity contribution in [1.29, 1.82) is 0 Å². The lowest BCUT2D eigenvalue weighted by Gasteiger charge is -2.30. The average Bonchev–Trinajstić information content (AvgIpc) is 2.66. The fourth-order valence-electron chi connectivity index (χ4n) is 2.92. The zero-order chi connectivity index (χ0) is 20.3. The zero-order valence-corrected chi connectivity index (χ0v) is 16.4. The quantitative estimate of drug-likeness (QED) is 0.755. The molecular weight excluding hydrogens is 384 g/mol. The van der Waals surface area contributed by atoms with Crippen LogP contribution in [0.15, 0.2) is 30.5 Å². The van der Waals surface area contributed by atoms with Crippen LogP contribution in [0.2, 0.25) is 5.02 Å². The summed E-state index contributed by atoms with van der Waals surface area (Å²) in [6.45, 7) is 3.84. The third-order valence-electron chi connectivity index (χ3n) is 4.41. The van der Waals surface area contributed by atoms with Gasteiger partial charge in [0.15, 0.2) is 6.61 Å². The Bertz CT molecular complexity index is 885. The number of fused-ring (bicyclic) bond motifs is 1. The third kappa shape index (κ3) is 4.36. The number of carboxylic acid groups (broad SMARTS) is 1. The van der Waals surface area contributed by atoms with Crippen LogP contribution in [-0.2, 0) is 9.59 Å². The summed E-state index contributed by atoms with van der Waals surface area (Å²) in [6, 6.07) is 7.09. The molecule has 0 aliphatic carbocycles. The van der Waals surface area contributed by atoms with Gasteiger partial charge in [-0.1, -0.05) is 24.6 Å². The first-order valence-corrected chi connectivity index (χ1v) is 9.34. The van der Waals surface area contributed by atoms with Gasteiger partial charge in [-0.15, -0.1) is 0 Å². The van der Waals surface area contributed by atoms with Gasteiger partial charge in [0.05, 0.1) is 22.8 Å². The Hall–Kier alpha value is -2.80. The highest BCUT2D eigenvalue weighted by atomic mass is 35.5. The number of hydrogen-bond donors (Lipinski definition) is 1. The summed E-state index contributed by atoms with van der Waals surface area (Å²) >= 11 is 6.40. The molecule has 1 atom stereocenters. The first-order chi connectivity index (χ1) is 13.4. The van der Waals surface area contributed by atoms with E-state index in [0.29, 0.717) is 28.6 Å². The molecule has 1 aliphatic rings. The Balaban J connectivity index is 1.86. The lowest BCUT2D eigenvalue weighted by atomic mass is 10.1. The fourth-order valence-corrected chi connectivity index (χ4v) is 3.12. The lowest BCUT2D eigenvalue weighted by molar-refractivity contribution is -0.136. The average molecular weight is 405 g/mol. The van der Waals surface area contributed by atoms with Crippen molar-refractivity contribution in [3.63, 3.8) is 0 Å². The highest BCUT2D eigenvalue weighted by Crippen LogP contribution is 2.41. The largest absolute Gasteiger partial charge is 0.482 e. The number of anilines is 1. The maximum Gasteiger partial charge on any atom is 0.305 e. The van der Waals surface area contributed by atoms with Gasteiger partial charge in [-0.2, -0.15) is 0 Å². The second kappa shape index (κ2) is 8.48. The number of ether oxygens (including phenoxy) is 2. The van der Waals surface area contributed by atoms with Crippen LogP contribution in [0.25, 0.3) is 0 Å². The Kier molecular flexibility index (Phi) is 6.04. The predicted molar refractivity (Wildman–Crippen MR) is 104 cm³/mol. The predicted octanol–water partition coefficient (Wildman–Crippen LogP) is 3.77. The zero-order valence-electron chi connectivity index (χ0n) is 15.6. The monoisotopic (exact) mass is 404 g/mol. The molecular formula is C20H21ClN2O5. The van der Waals surface area contributed by atoms with E-state index in [1.165, 1.54) is 4.90 Å². The summed E-state index contributed by atoms with van der Waals surface area (Å²) in [6.07, 6.45) is 2.01. The molecule has 7 nitrogen and oxygen atoms in total. The topological polar surface area (TPSA) is 89.0 Å². The lowest BCUT2D eigenvalue weighted by Crippen LogP contribution is -2.40. The number of hydrogen-bond acceptors (Lipinski definition) is 5. The molecule has 0 saturated carbocycles. The molecule has 148 valence electrons. The van der Waals surface area contributed by atoms with Crippen molar-refractivity contribution >= 4 is 29.2 Å². The van der Waals surface area contributed by atoms with Gasteiger partial charge in [-0.25, -0.2) is 0 Å². The van der Waals surface area contributed by atoms with Crippen molar-refractivity contribution in [2.24, 2.45) is 0 Å². The summed E-state index contributed by atoms with van der Waals surface area (Å²) < 4.78 is 11.6. The molecule has 1 N–H and O–H groups in total. The number of pyridine rings is 1. The maximum absolute atomic E-state index is 12.1. The van der Waals surface area contributed by atoms with Gasteiger partial charge in [0.25, 0.3) is 5.91 Å². The molecule has 0 spiro atoms. The van der Waals surface area contributed by atoms with Gasteiger partial charge < -0.3 is 19.5 Å². The van der Waals surface area contributed by atoms with Crippen molar-refractivity contribution in [1.82, 2.24) is 4.98 Å². The maximum atomic E-state index is 12.1. The second-order valence-corrected chi connectivity index (χ2v) is 6.91. The summed E-state index contributed by atoms with van der Waals surface area (Å²) in [5.74, 6) is -0.449. The molecule has 1 aromatic carbocycles. The Morgan fingerprint density at radius 3 is 2.86 bits per heavy atom. The van der Waals surface area contributed by atoms with E-state index in [1.807, 2.05) is 26.0 Å². The van der Waals surface area contributed by atoms with E-state index in [0.717, 1.165) is 11.3 Å². The van der Waals surface area contributed by atoms with E-state index in [-0.39, 0.29) is 31.6 Å². The number of carbonyl (C=O) groups is 2. The number of carbonyl (C=O) groups excluding carboxylic acids is 1. The standard InChI is InChI=1S/C20H21ClN2O5/c1-3-16(14-5-4-12(2)10-22-14)28-17-9-18-15(8-13(17)21)23(7-6-20(25)26)19(24)11-27-18/h4-5,8-10,16H,3,6-7,11H2,1-2H3,(H,25,26)/t16-/m1/s1. The van der Waals surface area contributed by atoms with Gasteiger partial charge in [-0.3, -0.25) is 14.6 Å². The van der Waals surface area contributed by atoms with E-state index in [2.05, 4.69) is 4.98 Å². The minimum absolute atomic E-state index is 0.0476. The molecule has 0 bridgehead atoms. The number of halogens is 1. The molecule has 1 aliphatic heterocycles. The number of aryl methyl sites for hydroxylation is 1. The van der Waals surface area contributed by atoms with Crippen molar-refractivity contribution < 1.29 is 24.2 Å². The number of amides is 1. The molecule has 0 saturated heterocycles. The molecule has 1 amide bonds. The normalized spacial score (nSPS) is 14.2. The van der Waals surface area contributed by atoms with Crippen LogP contribution < -0.4 is 14.4 Å². The number of aromatic nitrogens is 1. The molecule has 0 radical (unpaired) electrons. The van der Waals surface area contributed by atoms with Gasteiger partial charge >= 0.3 is 5.97 Å². The molecule has 0 fully saturated rings. The smallest absolute Gasteiger partial charge is 0.305 e. The van der Waals surface area contributed by atoms with Crippen LogP contribution in [0.1, 0.15) is 37.1 Å². The molecule has 1 aromatic heterocycles.